The zero-order valence-electron chi connectivity index (χ0n) is 17.0. The highest BCUT2D eigenvalue weighted by atomic mass is 16.5. The normalized spacial score (nSPS) is 14.7. The predicted molar refractivity (Wildman–Crippen MR) is 111 cm³/mol. The molecule has 7 nitrogen and oxygen atoms in total. The van der Waals surface area contributed by atoms with Crippen LogP contribution < -0.4 is 15.0 Å². The summed E-state index contributed by atoms with van der Waals surface area (Å²) >= 11 is 0. The molecule has 2 amide bonds. The molecule has 29 heavy (non-hydrogen) atoms. The van der Waals surface area contributed by atoms with Gasteiger partial charge in [0.05, 0.1) is 26.2 Å². The summed E-state index contributed by atoms with van der Waals surface area (Å²) in [6.07, 6.45) is 0.817. The van der Waals surface area contributed by atoms with Crippen molar-refractivity contribution in [1.82, 2.24) is 10.2 Å². The van der Waals surface area contributed by atoms with Crippen molar-refractivity contribution in [2.75, 3.05) is 59.6 Å². The monoisotopic (exact) mass is 400 g/mol. The van der Waals surface area contributed by atoms with E-state index < -0.39 is 0 Å². The fraction of sp³-hybridized carbons (Fsp3) is 0.455. The van der Waals surface area contributed by atoms with Crippen LogP contribution in [0.1, 0.15) is 6.42 Å². The van der Waals surface area contributed by atoms with E-state index in [4.69, 9.17) is 9.47 Å². The smallest absolute Gasteiger partial charge is 0.275 e. The molecule has 1 aliphatic rings. The average Bonchev–Trinajstić information content (AvgIpc) is 2.75. The zero-order chi connectivity index (χ0) is 20.5. The van der Waals surface area contributed by atoms with Gasteiger partial charge >= 0.3 is 0 Å². The number of nitrogens with zero attached hydrogens (tertiary/aromatic N) is 1. The van der Waals surface area contributed by atoms with Gasteiger partial charge in [0.25, 0.3) is 11.8 Å². The minimum Gasteiger partial charge on any atom is -0.484 e. The Bertz CT molecular complexity index is 819. The van der Waals surface area contributed by atoms with Crippen LogP contribution in [0.15, 0.2) is 42.5 Å². The second kappa shape index (κ2) is 10.8. The Morgan fingerprint density at radius 2 is 1.86 bits per heavy atom. The molecule has 156 valence electrons. The number of carbonyl (C=O) groups excluding carboxylic acids is 2. The summed E-state index contributed by atoms with van der Waals surface area (Å²) in [5, 5.41) is 5.15. The number of benzene rings is 2. The Kier molecular flexibility index (Phi) is 7.84. The minimum atomic E-state index is -0.0128. The van der Waals surface area contributed by atoms with Crippen molar-refractivity contribution in [1.29, 1.82) is 0 Å². The van der Waals surface area contributed by atoms with Gasteiger partial charge in [0.15, 0.2) is 13.2 Å². The molecule has 0 atom stereocenters. The Morgan fingerprint density at radius 1 is 1.10 bits per heavy atom. The highest BCUT2D eigenvalue weighted by Crippen LogP contribution is 2.20. The van der Waals surface area contributed by atoms with Crippen molar-refractivity contribution in [3.8, 4) is 5.75 Å². The summed E-state index contributed by atoms with van der Waals surface area (Å²) in [5.74, 6) is 0.739. The SMILES string of the molecule is COCCCNC(=O)C[NH+]1CCN(C(=O)COc2ccc3ccccc3c2)CC1. The van der Waals surface area contributed by atoms with Crippen molar-refractivity contribution < 1.29 is 24.0 Å². The first kappa shape index (κ1) is 21.1. The number of amides is 2. The number of piperazine rings is 1. The van der Waals surface area contributed by atoms with E-state index in [2.05, 4.69) is 5.32 Å². The van der Waals surface area contributed by atoms with E-state index in [0.717, 1.165) is 30.3 Å². The fourth-order valence-electron chi connectivity index (χ4n) is 3.48. The minimum absolute atomic E-state index is 0.0128. The fourth-order valence-corrected chi connectivity index (χ4v) is 3.48. The molecule has 2 N–H and O–H groups in total. The predicted octanol–water partition coefficient (Wildman–Crippen LogP) is 0.0984. The number of methoxy groups -OCH3 is 1. The van der Waals surface area contributed by atoms with Crippen molar-refractivity contribution in [3.63, 3.8) is 0 Å². The number of nitrogens with one attached hydrogen (secondary N) is 2. The van der Waals surface area contributed by atoms with Crippen LogP contribution in [0.5, 0.6) is 5.75 Å². The number of hydrogen-bond donors (Lipinski definition) is 2. The number of hydrogen-bond acceptors (Lipinski definition) is 4. The lowest BCUT2D eigenvalue weighted by molar-refractivity contribution is -0.896. The molecule has 2 aromatic rings. The maximum absolute atomic E-state index is 12.5. The molecule has 3 rings (SSSR count). The van der Waals surface area contributed by atoms with E-state index >= 15 is 0 Å². The quantitative estimate of drug-likeness (QED) is 0.586. The highest BCUT2D eigenvalue weighted by Gasteiger charge is 2.25. The third-order valence-electron chi connectivity index (χ3n) is 5.16. The molecule has 0 spiro atoms. The van der Waals surface area contributed by atoms with Crippen molar-refractivity contribution in [2.45, 2.75) is 6.42 Å². The number of ether oxygens (including phenoxy) is 2. The Hall–Kier alpha value is -2.64. The molecule has 1 aliphatic heterocycles. The van der Waals surface area contributed by atoms with E-state index in [0.29, 0.717) is 38.5 Å². The van der Waals surface area contributed by atoms with Crippen LogP contribution >= 0.6 is 0 Å². The van der Waals surface area contributed by atoms with Crippen molar-refractivity contribution in [2.24, 2.45) is 0 Å². The third-order valence-corrected chi connectivity index (χ3v) is 5.16. The lowest BCUT2D eigenvalue weighted by Gasteiger charge is -2.31. The second-order valence-electron chi connectivity index (χ2n) is 7.30. The topological polar surface area (TPSA) is 72.3 Å². The van der Waals surface area contributed by atoms with Gasteiger partial charge in [-0.1, -0.05) is 30.3 Å². The number of fused-ring (bicyclic) bond motifs is 1. The van der Waals surface area contributed by atoms with Crippen LogP contribution in [0.4, 0.5) is 0 Å². The molecule has 0 radical (unpaired) electrons. The van der Waals surface area contributed by atoms with E-state index in [1.165, 1.54) is 4.90 Å². The Balaban J connectivity index is 1.37. The van der Waals surface area contributed by atoms with Gasteiger partial charge in [0, 0.05) is 20.3 Å². The average molecular weight is 400 g/mol. The first-order valence-electron chi connectivity index (χ1n) is 10.1. The van der Waals surface area contributed by atoms with Crippen LogP contribution in [0, 0.1) is 0 Å². The van der Waals surface area contributed by atoms with Crippen molar-refractivity contribution >= 4 is 22.6 Å². The molecule has 1 heterocycles. The zero-order valence-corrected chi connectivity index (χ0v) is 17.0. The summed E-state index contributed by atoms with van der Waals surface area (Å²) in [6.45, 7) is 4.60. The molecule has 0 aromatic heterocycles. The maximum atomic E-state index is 12.5. The molecule has 0 bridgehead atoms. The Labute approximate surface area is 171 Å². The van der Waals surface area contributed by atoms with Gasteiger partial charge in [-0.3, -0.25) is 9.59 Å². The lowest BCUT2D eigenvalue weighted by atomic mass is 10.1. The van der Waals surface area contributed by atoms with Gasteiger partial charge in [-0.15, -0.1) is 0 Å². The van der Waals surface area contributed by atoms with Crippen LogP contribution in [0.3, 0.4) is 0 Å². The van der Waals surface area contributed by atoms with Crippen LogP contribution in [0.25, 0.3) is 10.8 Å². The van der Waals surface area contributed by atoms with E-state index in [1.807, 2.05) is 47.4 Å². The standard InChI is InChI=1S/C22H29N3O4/c1-28-14-4-9-23-21(26)16-24-10-12-25(13-11-24)22(27)17-29-20-8-7-18-5-2-3-6-19(18)15-20/h2-3,5-8,15H,4,9-14,16-17H2,1H3,(H,23,26)/p+1. The summed E-state index contributed by atoms with van der Waals surface area (Å²) in [5.41, 5.74) is 0. The summed E-state index contributed by atoms with van der Waals surface area (Å²) in [6, 6.07) is 13.9. The van der Waals surface area contributed by atoms with Gasteiger partial charge in [0.2, 0.25) is 0 Å². The van der Waals surface area contributed by atoms with Gasteiger partial charge in [-0.2, -0.15) is 0 Å². The van der Waals surface area contributed by atoms with Gasteiger partial charge in [-0.05, 0) is 29.3 Å². The van der Waals surface area contributed by atoms with Crippen LogP contribution in [0.2, 0.25) is 0 Å². The maximum Gasteiger partial charge on any atom is 0.275 e. The summed E-state index contributed by atoms with van der Waals surface area (Å²) in [4.78, 5) is 27.5. The van der Waals surface area contributed by atoms with Gasteiger partial charge in [0.1, 0.15) is 5.75 Å². The largest absolute Gasteiger partial charge is 0.484 e. The Morgan fingerprint density at radius 3 is 2.62 bits per heavy atom. The van der Waals surface area contributed by atoms with Crippen molar-refractivity contribution in [3.05, 3.63) is 42.5 Å². The molecule has 7 heteroatoms. The molecule has 0 saturated carbocycles. The molecule has 2 aromatic carbocycles. The van der Waals surface area contributed by atoms with Crippen LogP contribution in [-0.2, 0) is 14.3 Å². The molecular weight excluding hydrogens is 370 g/mol. The van der Waals surface area contributed by atoms with E-state index in [-0.39, 0.29) is 18.4 Å². The molecule has 0 unspecified atom stereocenters. The first-order valence-corrected chi connectivity index (χ1v) is 10.1. The molecule has 0 aliphatic carbocycles. The van der Waals surface area contributed by atoms with Gasteiger partial charge < -0.3 is 24.6 Å². The number of carbonyl (C=O) groups is 2. The number of rotatable bonds is 9. The second-order valence-corrected chi connectivity index (χ2v) is 7.30. The first-order chi connectivity index (χ1) is 14.2. The van der Waals surface area contributed by atoms with E-state index in [1.54, 1.807) is 7.11 Å². The summed E-state index contributed by atoms with van der Waals surface area (Å²) in [7, 11) is 1.65. The van der Waals surface area contributed by atoms with E-state index in [9.17, 15) is 9.59 Å². The highest BCUT2D eigenvalue weighted by molar-refractivity contribution is 5.84. The molecule has 1 saturated heterocycles. The van der Waals surface area contributed by atoms with Crippen LogP contribution in [-0.4, -0.2) is 76.3 Å². The number of quaternary nitrogens is 1. The molecular formula is C22H30N3O4+. The molecule has 1 fully saturated rings. The van der Waals surface area contributed by atoms with Gasteiger partial charge in [-0.25, -0.2) is 0 Å². The summed E-state index contributed by atoms with van der Waals surface area (Å²) < 4.78 is 10.7. The third kappa shape index (κ3) is 6.44. The lowest BCUT2D eigenvalue weighted by Crippen LogP contribution is -3.15.